The van der Waals surface area contributed by atoms with Crippen LogP contribution in [-0.4, -0.2) is 26.5 Å². The zero-order valence-corrected chi connectivity index (χ0v) is 11.6. The molecule has 20 heavy (non-hydrogen) atoms. The largest absolute Gasteiger partial charge is 0.508 e. The Morgan fingerprint density at radius 1 is 1.30 bits per heavy atom. The van der Waals surface area contributed by atoms with E-state index in [4.69, 9.17) is 5.11 Å². The number of nitrogens with zero attached hydrogens (tertiary/aromatic N) is 1. The maximum absolute atomic E-state index is 12.1. The van der Waals surface area contributed by atoms with Gasteiger partial charge < -0.3 is 15.5 Å². The summed E-state index contributed by atoms with van der Waals surface area (Å²) in [6.07, 6.45) is 0. The summed E-state index contributed by atoms with van der Waals surface area (Å²) in [5, 5.41) is 21.2. The summed E-state index contributed by atoms with van der Waals surface area (Å²) in [4.78, 5) is 23.2. The van der Waals surface area contributed by atoms with E-state index in [9.17, 15) is 14.7 Å². The predicted octanol–water partition coefficient (Wildman–Crippen LogP) is 2.42. The van der Waals surface area contributed by atoms with Crippen LogP contribution < -0.4 is 5.32 Å². The smallest absolute Gasteiger partial charge is 0.340 e. The second-order valence-corrected chi connectivity index (χ2v) is 5.01. The molecule has 0 saturated heterocycles. The van der Waals surface area contributed by atoms with Crippen LogP contribution >= 0.6 is 11.5 Å². The Kier molecular flexibility index (Phi) is 3.71. The van der Waals surface area contributed by atoms with Crippen LogP contribution in [0, 0.1) is 13.8 Å². The van der Waals surface area contributed by atoms with E-state index in [0.717, 1.165) is 11.5 Å². The molecule has 1 aromatic carbocycles. The lowest BCUT2D eigenvalue weighted by Gasteiger charge is -2.05. The Morgan fingerprint density at radius 2 is 2.00 bits per heavy atom. The molecule has 3 N–H and O–H groups in total. The van der Waals surface area contributed by atoms with Crippen molar-refractivity contribution in [2.24, 2.45) is 0 Å². The molecular weight excluding hydrogens is 280 g/mol. The Hall–Kier alpha value is -2.41. The van der Waals surface area contributed by atoms with Gasteiger partial charge in [0.05, 0.1) is 5.69 Å². The van der Waals surface area contributed by atoms with Crippen LogP contribution in [0.2, 0.25) is 0 Å². The zero-order valence-electron chi connectivity index (χ0n) is 10.8. The molecule has 0 bridgehead atoms. The molecule has 0 unspecified atom stereocenters. The van der Waals surface area contributed by atoms with Crippen molar-refractivity contribution in [2.45, 2.75) is 13.8 Å². The summed E-state index contributed by atoms with van der Waals surface area (Å²) in [5.41, 5.74) is 1.26. The second-order valence-electron chi connectivity index (χ2n) is 4.23. The molecule has 0 aliphatic rings. The van der Waals surface area contributed by atoms with Crippen LogP contribution in [0.4, 0.5) is 5.00 Å². The topological polar surface area (TPSA) is 99.5 Å². The number of rotatable bonds is 3. The molecule has 7 heteroatoms. The van der Waals surface area contributed by atoms with Crippen molar-refractivity contribution in [2.75, 3.05) is 5.32 Å². The lowest BCUT2D eigenvalue weighted by molar-refractivity contribution is 0.0697. The van der Waals surface area contributed by atoms with Crippen molar-refractivity contribution < 1.29 is 19.8 Å². The van der Waals surface area contributed by atoms with E-state index in [-0.39, 0.29) is 16.3 Å². The summed E-state index contributed by atoms with van der Waals surface area (Å²) in [6, 6.07) is 4.41. The molecule has 2 aromatic rings. The van der Waals surface area contributed by atoms with E-state index in [1.807, 2.05) is 0 Å². The van der Waals surface area contributed by atoms with Crippen molar-refractivity contribution >= 4 is 28.4 Å². The first kappa shape index (κ1) is 14.0. The normalized spacial score (nSPS) is 10.3. The van der Waals surface area contributed by atoms with Gasteiger partial charge in [0.2, 0.25) is 0 Å². The minimum absolute atomic E-state index is 0.00106. The van der Waals surface area contributed by atoms with E-state index in [1.54, 1.807) is 13.8 Å². The first-order chi connectivity index (χ1) is 9.40. The number of amides is 1. The van der Waals surface area contributed by atoms with E-state index >= 15 is 0 Å². The van der Waals surface area contributed by atoms with E-state index in [2.05, 4.69) is 9.69 Å². The van der Waals surface area contributed by atoms with Gasteiger partial charge >= 0.3 is 5.97 Å². The standard InChI is InChI=1S/C13H12N2O4S/c1-6-5-8(3-4-9(6)16)11(17)14-12-10(13(18)19)7(2)15-20-12/h3-5,16H,1-2H3,(H,14,17)(H,18,19). The Labute approximate surface area is 118 Å². The fourth-order valence-electron chi connectivity index (χ4n) is 1.68. The molecule has 1 aromatic heterocycles. The highest BCUT2D eigenvalue weighted by Gasteiger charge is 2.19. The molecule has 0 atom stereocenters. The van der Waals surface area contributed by atoms with Crippen molar-refractivity contribution in [3.63, 3.8) is 0 Å². The number of aromatic hydroxyl groups is 1. The number of phenolic OH excluding ortho intramolecular Hbond substituents is 1. The predicted molar refractivity (Wildman–Crippen MR) is 74.6 cm³/mol. The van der Waals surface area contributed by atoms with Gasteiger partial charge in [-0.15, -0.1) is 0 Å². The van der Waals surface area contributed by atoms with Crippen molar-refractivity contribution in [1.82, 2.24) is 4.37 Å². The number of carbonyl (C=O) groups is 2. The number of carbonyl (C=O) groups excluding carboxylic acids is 1. The molecule has 0 saturated carbocycles. The number of anilines is 1. The zero-order chi connectivity index (χ0) is 14.9. The first-order valence-corrected chi connectivity index (χ1v) is 6.48. The number of phenols is 1. The number of hydrogen-bond acceptors (Lipinski definition) is 5. The first-order valence-electron chi connectivity index (χ1n) is 5.70. The third-order valence-electron chi connectivity index (χ3n) is 2.76. The quantitative estimate of drug-likeness (QED) is 0.806. The molecule has 0 radical (unpaired) electrons. The van der Waals surface area contributed by atoms with Gasteiger partial charge in [-0.2, -0.15) is 4.37 Å². The number of benzene rings is 1. The van der Waals surface area contributed by atoms with Gasteiger partial charge in [-0.25, -0.2) is 4.79 Å². The van der Waals surface area contributed by atoms with Crippen LogP contribution in [-0.2, 0) is 0 Å². The van der Waals surface area contributed by atoms with Crippen LogP contribution in [0.25, 0.3) is 0 Å². The van der Waals surface area contributed by atoms with E-state index in [1.165, 1.54) is 18.2 Å². The molecule has 1 heterocycles. The number of hydrogen-bond donors (Lipinski definition) is 3. The molecule has 6 nitrogen and oxygen atoms in total. The van der Waals surface area contributed by atoms with Gasteiger partial charge in [-0.05, 0) is 49.1 Å². The van der Waals surface area contributed by atoms with Crippen molar-refractivity contribution in [1.29, 1.82) is 0 Å². The van der Waals surface area contributed by atoms with Gasteiger partial charge in [0.1, 0.15) is 16.3 Å². The summed E-state index contributed by atoms with van der Waals surface area (Å²) in [7, 11) is 0. The minimum atomic E-state index is -1.13. The van der Waals surface area contributed by atoms with Crippen LogP contribution in [0.5, 0.6) is 5.75 Å². The van der Waals surface area contributed by atoms with Crippen molar-refractivity contribution in [3.05, 3.63) is 40.6 Å². The Bertz CT molecular complexity index is 694. The molecule has 0 spiro atoms. The molecule has 0 fully saturated rings. The van der Waals surface area contributed by atoms with Gasteiger partial charge in [-0.1, -0.05) is 0 Å². The highest BCUT2D eigenvalue weighted by atomic mass is 32.1. The number of aromatic nitrogens is 1. The maximum Gasteiger partial charge on any atom is 0.340 e. The average molecular weight is 292 g/mol. The number of nitrogens with one attached hydrogen (secondary N) is 1. The summed E-state index contributed by atoms with van der Waals surface area (Å²) < 4.78 is 3.92. The monoisotopic (exact) mass is 292 g/mol. The second kappa shape index (κ2) is 5.30. The molecule has 2 rings (SSSR count). The lowest BCUT2D eigenvalue weighted by Crippen LogP contribution is -2.13. The Morgan fingerprint density at radius 3 is 2.60 bits per heavy atom. The van der Waals surface area contributed by atoms with Gasteiger partial charge in [0.25, 0.3) is 5.91 Å². The average Bonchev–Trinajstić information content (AvgIpc) is 2.73. The lowest BCUT2D eigenvalue weighted by atomic mass is 10.1. The number of carboxylic acid groups (broad SMARTS) is 1. The fourth-order valence-corrected chi connectivity index (χ4v) is 2.46. The molecule has 0 aliphatic carbocycles. The highest BCUT2D eigenvalue weighted by molar-refractivity contribution is 7.11. The summed E-state index contributed by atoms with van der Waals surface area (Å²) >= 11 is 0.923. The summed E-state index contributed by atoms with van der Waals surface area (Å²) in [6.45, 7) is 3.24. The Balaban J connectivity index is 2.28. The van der Waals surface area contributed by atoms with Gasteiger partial charge in [0.15, 0.2) is 0 Å². The van der Waals surface area contributed by atoms with Gasteiger partial charge in [-0.3, -0.25) is 4.79 Å². The van der Waals surface area contributed by atoms with Crippen LogP contribution in [0.3, 0.4) is 0 Å². The van der Waals surface area contributed by atoms with E-state index < -0.39 is 11.9 Å². The maximum atomic E-state index is 12.1. The summed E-state index contributed by atoms with van der Waals surface area (Å²) in [5.74, 6) is -1.48. The third kappa shape index (κ3) is 2.62. The molecule has 104 valence electrons. The van der Waals surface area contributed by atoms with Gasteiger partial charge in [0, 0.05) is 5.56 Å². The van der Waals surface area contributed by atoms with Crippen molar-refractivity contribution in [3.8, 4) is 5.75 Å². The third-order valence-corrected chi connectivity index (χ3v) is 3.62. The number of carboxylic acids is 1. The fraction of sp³-hybridized carbons (Fsp3) is 0.154. The number of aryl methyl sites for hydroxylation is 2. The molecule has 1 amide bonds. The highest BCUT2D eigenvalue weighted by Crippen LogP contribution is 2.25. The number of aromatic carboxylic acids is 1. The van der Waals surface area contributed by atoms with Crippen LogP contribution in [0.15, 0.2) is 18.2 Å². The van der Waals surface area contributed by atoms with E-state index in [0.29, 0.717) is 16.8 Å². The van der Waals surface area contributed by atoms with Crippen LogP contribution in [0.1, 0.15) is 32.0 Å². The molecule has 0 aliphatic heterocycles. The minimum Gasteiger partial charge on any atom is -0.508 e. The SMILES string of the molecule is Cc1cc(C(=O)Nc2snc(C)c2C(=O)O)ccc1O. The molecular formula is C13H12N2O4S.